The molecule has 0 spiro atoms. The third-order valence-corrected chi connectivity index (χ3v) is 4.53. The minimum atomic E-state index is -0.102. The van der Waals surface area contributed by atoms with Gasteiger partial charge in [-0.05, 0) is 36.5 Å². The molecule has 2 amide bonds. The third-order valence-electron chi connectivity index (χ3n) is 3.82. The van der Waals surface area contributed by atoms with Crippen LogP contribution in [0.1, 0.15) is 11.6 Å². The van der Waals surface area contributed by atoms with Gasteiger partial charge in [0.15, 0.2) is 0 Å². The predicted octanol–water partition coefficient (Wildman–Crippen LogP) is 0.982. The van der Waals surface area contributed by atoms with Gasteiger partial charge in [-0.25, -0.2) is 4.79 Å². The minimum absolute atomic E-state index is 0.102. The van der Waals surface area contributed by atoms with Crippen molar-refractivity contribution in [3.05, 3.63) is 22.4 Å². The van der Waals surface area contributed by atoms with Crippen LogP contribution in [0.15, 0.2) is 16.8 Å². The van der Waals surface area contributed by atoms with E-state index in [-0.39, 0.29) is 12.1 Å². The molecule has 1 aliphatic rings. The molecule has 1 aromatic rings. The molecule has 7 heteroatoms. The molecule has 1 aliphatic heterocycles. The fraction of sp³-hybridized carbons (Fsp3) is 0.667. The first-order chi connectivity index (χ1) is 10.7. The molecule has 2 N–H and O–H groups in total. The summed E-state index contributed by atoms with van der Waals surface area (Å²) in [6.45, 7) is 5.62. The summed E-state index contributed by atoms with van der Waals surface area (Å²) in [5, 5.41) is 10.1. The number of thiophene rings is 1. The predicted molar refractivity (Wildman–Crippen MR) is 89.4 cm³/mol. The average Bonchev–Trinajstić information content (AvgIpc) is 3.02. The Bertz CT molecular complexity index is 433. The molecule has 124 valence electrons. The van der Waals surface area contributed by atoms with E-state index in [1.54, 1.807) is 11.3 Å². The maximum absolute atomic E-state index is 11.9. The Morgan fingerprint density at radius 1 is 1.41 bits per heavy atom. The number of morpholine rings is 1. The fourth-order valence-corrected chi connectivity index (χ4v) is 3.17. The van der Waals surface area contributed by atoms with Gasteiger partial charge in [0.25, 0.3) is 0 Å². The lowest BCUT2D eigenvalue weighted by molar-refractivity contribution is 0.0387. The Hall–Kier alpha value is -1.15. The Balaban J connectivity index is 1.65. The van der Waals surface area contributed by atoms with Crippen LogP contribution in [0.3, 0.4) is 0 Å². The zero-order chi connectivity index (χ0) is 15.8. The van der Waals surface area contributed by atoms with Crippen molar-refractivity contribution in [1.82, 2.24) is 20.4 Å². The highest BCUT2D eigenvalue weighted by Gasteiger charge is 2.15. The third kappa shape index (κ3) is 5.57. The lowest BCUT2D eigenvalue weighted by Crippen LogP contribution is -2.45. The number of hydrogen-bond acceptors (Lipinski definition) is 5. The summed E-state index contributed by atoms with van der Waals surface area (Å²) in [5.74, 6) is 0. The van der Waals surface area contributed by atoms with E-state index in [1.807, 2.05) is 14.1 Å². The summed E-state index contributed by atoms with van der Waals surface area (Å²) in [7, 11) is 4.06. The SMILES string of the molecule is CN(C)[C@@H](CNC(=O)NCCN1CCOCC1)c1ccsc1. The molecule has 6 nitrogen and oxygen atoms in total. The van der Waals surface area contributed by atoms with E-state index in [2.05, 4.69) is 37.3 Å². The van der Waals surface area contributed by atoms with Crippen LogP contribution >= 0.6 is 11.3 Å². The van der Waals surface area contributed by atoms with Gasteiger partial charge in [0.1, 0.15) is 0 Å². The molecule has 1 saturated heterocycles. The molecule has 22 heavy (non-hydrogen) atoms. The van der Waals surface area contributed by atoms with Gasteiger partial charge in [0.2, 0.25) is 0 Å². The molecule has 0 aliphatic carbocycles. The van der Waals surface area contributed by atoms with E-state index in [1.165, 1.54) is 5.56 Å². The van der Waals surface area contributed by atoms with Crippen molar-refractivity contribution in [3.63, 3.8) is 0 Å². The molecule has 2 rings (SSSR count). The van der Waals surface area contributed by atoms with Crippen molar-refractivity contribution in [2.75, 3.05) is 60.0 Å². The van der Waals surface area contributed by atoms with Gasteiger partial charge in [0, 0.05) is 32.7 Å². The quantitative estimate of drug-likeness (QED) is 0.784. The Morgan fingerprint density at radius 2 is 2.18 bits per heavy atom. The van der Waals surface area contributed by atoms with E-state index in [0.29, 0.717) is 13.1 Å². The average molecular weight is 326 g/mol. The maximum Gasteiger partial charge on any atom is 0.314 e. The Kier molecular flexibility index (Phi) is 7.11. The summed E-state index contributed by atoms with van der Waals surface area (Å²) in [6.07, 6.45) is 0. The van der Waals surface area contributed by atoms with E-state index >= 15 is 0 Å². The molecule has 1 atom stereocenters. The normalized spacial score (nSPS) is 17.4. The zero-order valence-electron chi connectivity index (χ0n) is 13.4. The van der Waals surface area contributed by atoms with Crippen molar-refractivity contribution >= 4 is 17.4 Å². The molecular weight excluding hydrogens is 300 g/mol. The summed E-state index contributed by atoms with van der Waals surface area (Å²) in [6, 6.07) is 2.21. The minimum Gasteiger partial charge on any atom is -0.379 e. The van der Waals surface area contributed by atoms with E-state index in [4.69, 9.17) is 4.74 Å². The molecule has 1 aromatic heterocycles. The highest BCUT2D eigenvalue weighted by atomic mass is 32.1. The van der Waals surface area contributed by atoms with Gasteiger partial charge in [-0.15, -0.1) is 0 Å². The highest BCUT2D eigenvalue weighted by Crippen LogP contribution is 2.19. The summed E-state index contributed by atoms with van der Waals surface area (Å²) < 4.78 is 5.30. The topological polar surface area (TPSA) is 56.8 Å². The van der Waals surface area contributed by atoms with Crippen molar-refractivity contribution in [2.24, 2.45) is 0 Å². The molecule has 0 unspecified atom stereocenters. The fourth-order valence-electron chi connectivity index (χ4n) is 2.47. The van der Waals surface area contributed by atoms with Gasteiger partial charge in [-0.1, -0.05) is 0 Å². The highest BCUT2D eigenvalue weighted by molar-refractivity contribution is 7.07. The lowest BCUT2D eigenvalue weighted by Gasteiger charge is -2.27. The van der Waals surface area contributed by atoms with E-state index in [0.717, 1.165) is 32.8 Å². The Morgan fingerprint density at radius 3 is 2.82 bits per heavy atom. The molecule has 1 fully saturated rings. The number of nitrogens with zero attached hydrogens (tertiary/aromatic N) is 2. The summed E-state index contributed by atoms with van der Waals surface area (Å²) >= 11 is 1.68. The summed E-state index contributed by atoms with van der Waals surface area (Å²) in [4.78, 5) is 16.3. The largest absolute Gasteiger partial charge is 0.379 e. The number of nitrogens with one attached hydrogen (secondary N) is 2. The van der Waals surface area contributed by atoms with Crippen molar-refractivity contribution < 1.29 is 9.53 Å². The van der Waals surface area contributed by atoms with Gasteiger partial charge < -0.3 is 20.3 Å². The molecule has 0 saturated carbocycles. The van der Waals surface area contributed by atoms with Crippen LogP contribution in [0.2, 0.25) is 0 Å². The molecular formula is C15H26N4O2S. The number of carbonyl (C=O) groups is 1. The lowest BCUT2D eigenvalue weighted by atomic mass is 10.1. The maximum atomic E-state index is 11.9. The van der Waals surface area contributed by atoms with Gasteiger partial charge in [-0.2, -0.15) is 11.3 Å². The number of hydrogen-bond donors (Lipinski definition) is 2. The first kappa shape index (κ1) is 17.2. The molecule has 0 bridgehead atoms. The van der Waals surface area contributed by atoms with E-state index < -0.39 is 0 Å². The van der Waals surface area contributed by atoms with Gasteiger partial charge >= 0.3 is 6.03 Å². The number of amides is 2. The monoisotopic (exact) mass is 326 g/mol. The molecule has 0 radical (unpaired) electrons. The first-order valence-corrected chi connectivity index (χ1v) is 8.61. The molecule has 2 heterocycles. The van der Waals surface area contributed by atoms with E-state index in [9.17, 15) is 4.79 Å². The second kappa shape index (κ2) is 9.09. The van der Waals surface area contributed by atoms with Crippen molar-refractivity contribution in [1.29, 1.82) is 0 Å². The second-order valence-corrected chi connectivity index (χ2v) is 6.41. The van der Waals surface area contributed by atoms with Crippen LogP contribution in [-0.2, 0) is 4.74 Å². The summed E-state index contributed by atoms with van der Waals surface area (Å²) in [5.41, 5.74) is 1.24. The standard InChI is InChI=1S/C15H26N4O2S/c1-18(2)14(13-3-10-22-12-13)11-17-15(20)16-4-5-19-6-8-21-9-7-19/h3,10,12,14H,4-9,11H2,1-2H3,(H2,16,17,20)/t14-/m0/s1. The number of carbonyl (C=O) groups excluding carboxylic acids is 1. The van der Waals surface area contributed by atoms with Crippen LogP contribution in [0.4, 0.5) is 4.79 Å². The number of rotatable bonds is 7. The van der Waals surface area contributed by atoms with Crippen LogP contribution in [0, 0.1) is 0 Å². The smallest absolute Gasteiger partial charge is 0.314 e. The zero-order valence-corrected chi connectivity index (χ0v) is 14.2. The van der Waals surface area contributed by atoms with Crippen molar-refractivity contribution in [2.45, 2.75) is 6.04 Å². The van der Waals surface area contributed by atoms with Crippen LogP contribution in [-0.4, -0.2) is 75.9 Å². The van der Waals surface area contributed by atoms with Crippen LogP contribution < -0.4 is 10.6 Å². The Labute approximate surface area is 136 Å². The van der Waals surface area contributed by atoms with Gasteiger partial charge in [0.05, 0.1) is 19.3 Å². The first-order valence-electron chi connectivity index (χ1n) is 7.67. The number of urea groups is 1. The number of ether oxygens (including phenoxy) is 1. The molecule has 0 aromatic carbocycles. The van der Waals surface area contributed by atoms with Gasteiger partial charge in [-0.3, -0.25) is 4.90 Å². The van der Waals surface area contributed by atoms with Crippen LogP contribution in [0.5, 0.6) is 0 Å². The number of likely N-dealkylation sites (N-methyl/N-ethyl adjacent to an activating group) is 1. The second-order valence-electron chi connectivity index (χ2n) is 5.63. The van der Waals surface area contributed by atoms with Crippen LogP contribution in [0.25, 0.3) is 0 Å². The van der Waals surface area contributed by atoms with Crippen molar-refractivity contribution in [3.8, 4) is 0 Å².